The highest BCUT2D eigenvalue weighted by Crippen LogP contribution is 2.21. The van der Waals surface area contributed by atoms with E-state index in [0.29, 0.717) is 6.54 Å². The number of alkyl halides is 1. The second kappa shape index (κ2) is 4.61. The van der Waals surface area contributed by atoms with E-state index in [0.717, 1.165) is 9.88 Å². The SMILES string of the molecule is Cc1ncc(CN(C)C(=O)C(C)(C)Br)s1. The van der Waals surface area contributed by atoms with E-state index in [1.807, 2.05) is 27.0 Å². The third-order valence-electron chi connectivity index (χ3n) is 1.92. The molecule has 5 heteroatoms. The van der Waals surface area contributed by atoms with Gasteiger partial charge in [-0.05, 0) is 20.8 Å². The molecule has 0 fully saturated rings. The Labute approximate surface area is 103 Å². The van der Waals surface area contributed by atoms with Crippen LogP contribution in [0.3, 0.4) is 0 Å². The van der Waals surface area contributed by atoms with Crippen LogP contribution in [0.5, 0.6) is 0 Å². The minimum Gasteiger partial charge on any atom is -0.339 e. The van der Waals surface area contributed by atoms with E-state index in [9.17, 15) is 4.79 Å². The molecular weight excluding hydrogens is 276 g/mol. The largest absolute Gasteiger partial charge is 0.339 e. The summed E-state index contributed by atoms with van der Waals surface area (Å²) in [5, 5.41) is 1.03. The fourth-order valence-corrected chi connectivity index (χ4v) is 2.39. The first kappa shape index (κ1) is 12.6. The maximum Gasteiger partial charge on any atom is 0.238 e. The summed E-state index contributed by atoms with van der Waals surface area (Å²) in [7, 11) is 1.81. The standard InChI is InChI=1S/C10H15BrN2OS/c1-7-12-5-8(15-7)6-13(4)9(14)10(2,3)11/h5H,6H2,1-4H3. The molecule has 1 amide bonds. The van der Waals surface area contributed by atoms with Gasteiger partial charge in [0.05, 0.1) is 15.9 Å². The molecule has 1 rings (SSSR count). The van der Waals surface area contributed by atoms with E-state index < -0.39 is 4.32 Å². The molecule has 0 aliphatic rings. The van der Waals surface area contributed by atoms with E-state index in [-0.39, 0.29) is 5.91 Å². The summed E-state index contributed by atoms with van der Waals surface area (Å²) in [6.45, 7) is 6.29. The van der Waals surface area contributed by atoms with Gasteiger partial charge in [-0.15, -0.1) is 11.3 Å². The molecule has 0 saturated carbocycles. The van der Waals surface area contributed by atoms with Crippen LogP contribution in [0.2, 0.25) is 0 Å². The zero-order chi connectivity index (χ0) is 11.6. The number of thiazole rings is 1. The molecule has 0 spiro atoms. The third kappa shape index (κ3) is 3.57. The highest BCUT2D eigenvalue weighted by atomic mass is 79.9. The van der Waals surface area contributed by atoms with Crippen LogP contribution in [0.4, 0.5) is 0 Å². The summed E-state index contributed by atoms with van der Waals surface area (Å²) >= 11 is 4.98. The van der Waals surface area contributed by atoms with Crippen molar-refractivity contribution in [2.24, 2.45) is 0 Å². The Morgan fingerprint density at radius 1 is 1.67 bits per heavy atom. The zero-order valence-corrected chi connectivity index (χ0v) is 11.8. The van der Waals surface area contributed by atoms with Crippen LogP contribution in [0, 0.1) is 6.92 Å². The van der Waals surface area contributed by atoms with Gasteiger partial charge < -0.3 is 4.90 Å². The molecule has 0 aliphatic heterocycles. The smallest absolute Gasteiger partial charge is 0.238 e. The lowest BCUT2D eigenvalue weighted by Gasteiger charge is -2.23. The summed E-state index contributed by atoms with van der Waals surface area (Å²) in [6, 6.07) is 0. The van der Waals surface area contributed by atoms with Crippen LogP contribution in [-0.4, -0.2) is 27.2 Å². The molecule has 0 saturated heterocycles. The van der Waals surface area contributed by atoms with Gasteiger partial charge in [0.1, 0.15) is 0 Å². The fraction of sp³-hybridized carbons (Fsp3) is 0.600. The first-order valence-corrected chi connectivity index (χ1v) is 6.27. The molecule has 0 bridgehead atoms. The van der Waals surface area contributed by atoms with Crippen molar-refractivity contribution in [2.75, 3.05) is 7.05 Å². The molecule has 3 nitrogen and oxygen atoms in total. The highest BCUT2D eigenvalue weighted by Gasteiger charge is 2.27. The molecule has 0 N–H and O–H groups in total. The van der Waals surface area contributed by atoms with Crippen molar-refractivity contribution in [3.63, 3.8) is 0 Å². The van der Waals surface area contributed by atoms with Gasteiger partial charge in [0.2, 0.25) is 5.91 Å². The Morgan fingerprint density at radius 3 is 2.67 bits per heavy atom. The Hall–Kier alpha value is -0.420. The lowest BCUT2D eigenvalue weighted by Crippen LogP contribution is -2.38. The molecule has 15 heavy (non-hydrogen) atoms. The summed E-state index contributed by atoms with van der Waals surface area (Å²) in [6.07, 6.45) is 1.82. The molecule has 0 aromatic carbocycles. The summed E-state index contributed by atoms with van der Waals surface area (Å²) in [5.41, 5.74) is 0. The van der Waals surface area contributed by atoms with Gasteiger partial charge in [-0.3, -0.25) is 4.79 Å². The van der Waals surface area contributed by atoms with E-state index in [4.69, 9.17) is 0 Å². The van der Waals surface area contributed by atoms with E-state index in [2.05, 4.69) is 20.9 Å². The zero-order valence-electron chi connectivity index (χ0n) is 9.37. The Bertz CT molecular complexity index is 357. The number of aryl methyl sites for hydroxylation is 1. The van der Waals surface area contributed by atoms with Gasteiger partial charge in [0.25, 0.3) is 0 Å². The van der Waals surface area contributed by atoms with E-state index in [1.54, 1.807) is 23.3 Å². The Morgan fingerprint density at radius 2 is 2.27 bits per heavy atom. The minimum atomic E-state index is -0.499. The Kier molecular flexibility index (Phi) is 3.89. The normalized spacial score (nSPS) is 11.5. The number of hydrogen-bond acceptors (Lipinski definition) is 3. The van der Waals surface area contributed by atoms with Crippen molar-refractivity contribution in [1.29, 1.82) is 0 Å². The van der Waals surface area contributed by atoms with Crippen LogP contribution in [0.25, 0.3) is 0 Å². The number of carbonyl (C=O) groups excluding carboxylic acids is 1. The average Bonchev–Trinajstić information content (AvgIpc) is 2.48. The van der Waals surface area contributed by atoms with Crippen molar-refractivity contribution in [3.8, 4) is 0 Å². The number of hydrogen-bond donors (Lipinski definition) is 0. The molecule has 1 heterocycles. The van der Waals surface area contributed by atoms with Crippen molar-refractivity contribution in [1.82, 2.24) is 9.88 Å². The summed E-state index contributed by atoms with van der Waals surface area (Å²) in [4.78, 5) is 18.8. The first-order valence-electron chi connectivity index (χ1n) is 4.66. The van der Waals surface area contributed by atoms with Crippen molar-refractivity contribution >= 4 is 33.2 Å². The first-order chi connectivity index (χ1) is 6.80. The van der Waals surface area contributed by atoms with Crippen LogP contribution >= 0.6 is 27.3 Å². The lowest BCUT2D eigenvalue weighted by atomic mass is 10.2. The summed E-state index contributed by atoms with van der Waals surface area (Å²) in [5.74, 6) is 0.0774. The molecule has 1 aromatic heterocycles. The van der Waals surface area contributed by atoms with Gasteiger partial charge in [-0.1, -0.05) is 15.9 Å². The number of nitrogens with zero attached hydrogens (tertiary/aromatic N) is 2. The number of aromatic nitrogens is 1. The monoisotopic (exact) mass is 290 g/mol. The van der Waals surface area contributed by atoms with Gasteiger partial charge in [-0.2, -0.15) is 0 Å². The number of halogens is 1. The topological polar surface area (TPSA) is 33.2 Å². The molecule has 84 valence electrons. The third-order valence-corrected chi connectivity index (χ3v) is 3.15. The van der Waals surface area contributed by atoms with Gasteiger partial charge >= 0.3 is 0 Å². The van der Waals surface area contributed by atoms with Crippen molar-refractivity contribution in [3.05, 3.63) is 16.1 Å². The molecule has 0 aliphatic carbocycles. The summed E-state index contributed by atoms with van der Waals surface area (Å²) < 4.78 is -0.499. The molecule has 0 radical (unpaired) electrons. The predicted octanol–water partition coefficient (Wildman–Crippen LogP) is 2.58. The van der Waals surface area contributed by atoms with Crippen molar-refractivity contribution < 1.29 is 4.79 Å². The molecule has 0 unspecified atom stereocenters. The fourth-order valence-electron chi connectivity index (χ4n) is 1.24. The van der Waals surface area contributed by atoms with Crippen LogP contribution in [0.1, 0.15) is 23.7 Å². The molecule has 0 atom stereocenters. The quantitative estimate of drug-likeness (QED) is 0.802. The second-order valence-electron chi connectivity index (χ2n) is 3.98. The second-order valence-corrected chi connectivity index (χ2v) is 7.28. The van der Waals surface area contributed by atoms with E-state index >= 15 is 0 Å². The number of amides is 1. The van der Waals surface area contributed by atoms with Gasteiger partial charge in [0, 0.05) is 18.1 Å². The van der Waals surface area contributed by atoms with Crippen molar-refractivity contribution in [2.45, 2.75) is 31.6 Å². The maximum atomic E-state index is 11.8. The predicted molar refractivity (Wildman–Crippen MR) is 66.3 cm³/mol. The molecular formula is C10H15BrN2OS. The highest BCUT2D eigenvalue weighted by molar-refractivity contribution is 9.10. The minimum absolute atomic E-state index is 0.0774. The van der Waals surface area contributed by atoms with Gasteiger partial charge in [0.15, 0.2) is 0 Å². The van der Waals surface area contributed by atoms with Gasteiger partial charge in [-0.25, -0.2) is 4.98 Å². The molecule has 1 aromatic rings. The van der Waals surface area contributed by atoms with Crippen LogP contribution in [-0.2, 0) is 11.3 Å². The van der Waals surface area contributed by atoms with Crippen LogP contribution in [0.15, 0.2) is 6.20 Å². The number of carbonyl (C=O) groups is 1. The lowest BCUT2D eigenvalue weighted by molar-refractivity contribution is -0.131. The Balaban J connectivity index is 2.64. The maximum absolute atomic E-state index is 11.8. The number of rotatable bonds is 3. The van der Waals surface area contributed by atoms with Crippen LogP contribution < -0.4 is 0 Å². The average molecular weight is 291 g/mol. The van der Waals surface area contributed by atoms with E-state index in [1.165, 1.54) is 0 Å².